The fourth-order valence-corrected chi connectivity index (χ4v) is 1.57. The van der Waals surface area contributed by atoms with E-state index in [4.69, 9.17) is 0 Å². The summed E-state index contributed by atoms with van der Waals surface area (Å²) in [5.41, 5.74) is 0. The maximum absolute atomic E-state index is 11.9. The van der Waals surface area contributed by atoms with Crippen LogP contribution in [0.2, 0.25) is 0 Å². The second kappa shape index (κ2) is 4.18. The molecule has 15 heavy (non-hydrogen) atoms. The molecule has 0 aromatic carbocycles. The topological polar surface area (TPSA) is 49.4 Å². The first-order chi connectivity index (χ1) is 6.84. The number of nitrogens with zero attached hydrogens (tertiary/aromatic N) is 1. The number of aldehydes is 1. The van der Waals surface area contributed by atoms with Gasteiger partial charge in [0, 0.05) is 19.0 Å². The lowest BCUT2D eigenvalue weighted by Crippen LogP contribution is -2.46. The van der Waals surface area contributed by atoms with E-state index in [0.717, 1.165) is 0 Å². The summed E-state index contributed by atoms with van der Waals surface area (Å²) in [5.74, 6) is -2.56. The molecule has 0 aliphatic carbocycles. The zero-order valence-electron chi connectivity index (χ0n) is 8.04. The van der Waals surface area contributed by atoms with Gasteiger partial charge in [-0.1, -0.05) is 0 Å². The number of hydrogen-bond acceptors (Lipinski definition) is 3. The highest BCUT2D eigenvalue weighted by atomic mass is 19.4. The number of likely N-dealkylation sites (N-methyl/N-ethyl adjacent to an activating group) is 1. The Balaban J connectivity index is 2.58. The van der Waals surface area contributed by atoms with E-state index in [-0.39, 0.29) is 6.54 Å². The Morgan fingerprint density at radius 2 is 2.07 bits per heavy atom. The van der Waals surface area contributed by atoms with Gasteiger partial charge in [-0.3, -0.25) is 4.79 Å². The van der Waals surface area contributed by atoms with Crippen LogP contribution >= 0.6 is 0 Å². The summed E-state index contributed by atoms with van der Waals surface area (Å²) in [5, 5.41) is 1.81. The number of alkyl halides is 3. The smallest absolute Gasteiger partial charge is 0.343 e. The van der Waals surface area contributed by atoms with Crippen molar-refractivity contribution < 1.29 is 22.8 Å². The van der Waals surface area contributed by atoms with Gasteiger partial charge in [-0.2, -0.15) is 13.2 Å². The van der Waals surface area contributed by atoms with Crippen molar-refractivity contribution in [3.05, 3.63) is 0 Å². The quantitative estimate of drug-likeness (QED) is 0.660. The van der Waals surface area contributed by atoms with Crippen LogP contribution in [0.3, 0.4) is 0 Å². The lowest BCUT2D eigenvalue weighted by Gasteiger charge is -2.16. The minimum Gasteiger partial charge on any atom is -0.343 e. The molecule has 1 N–H and O–H groups in total. The third-order valence-electron chi connectivity index (χ3n) is 2.30. The van der Waals surface area contributed by atoms with Crippen molar-refractivity contribution >= 4 is 12.2 Å². The monoisotopic (exact) mass is 224 g/mol. The highest BCUT2D eigenvalue weighted by Crippen LogP contribution is 2.18. The first-order valence-electron chi connectivity index (χ1n) is 4.36. The Hall–Kier alpha value is -1.11. The van der Waals surface area contributed by atoms with Gasteiger partial charge in [-0.15, -0.1) is 0 Å². The number of hydrogen-bond donors (Lipinski definition) is 1. The standard InChI is InChI=1S/C8H11F3N2O2/c1-13-2-5(4-14)6(3-13)12-7(15)8(9,10)11/h4-6H,2-3H2,1H3,(H,12,15). The summed E-state index contributed by atoms with van der Waals surface area (Å²) in [6.07, 6.45) is -4.32. The van der Waals surface area contributed by atoms with Crippen LogP contribution in [0, 0.1) is 5.92 Å². The molecule has 1 amide bonds. The van der Waals surface area contributed by atoms with Gasteiger partial charge in [0.25, 0.3) is 0 Å². The van der Waals surface area contributed by atoms with E-state index in [1.807, 2.05) is 5.32 Å². The van der Waals surface area contributed by atoms with Crippen molar-refractivity contribution in [2.24, 2.45) is 5.92 Å². The summed E-state index contributed by atoms with van der Waals surface area (Å²) >= 11 is 0. The third-order valence-corrected chi connectivity index (χ3v) is 2.30. The van der Waals surface area contributed by atoms with Crippen LogP contribution in [0.15, 0.2) is 0 Å². The van der Waals surface area contributed by atoms with Crippen LogP contribution in [0.4, 0.5) is 13.2 Å². The summed E-state index contributed by atoms with van der Waals surface area (Å²) in [7, 11) is 1.68. The predicted molar refractivity (Wildman–Crippen MR) is 45.0 cm³/mol. The van der Waals surface area contributed by atoms with E-state index in [1.165, 1.54) is 0 Å². The molecule has 1 heterocycles. The van der Waals surface area contributed by atoms with E-state index in [0.29, 0.717) is 12.8 Å². The minimum atomic E-state index is -4.89. The zero-order chi connectivity index (χ0) is 11.6. The summed E-state index contributed by atoms with van der Waals surface area (Å²) in [6.45, 7) is 0.623. The number of carbonyl (C=O) groups is 2. The van der Waals surface area contributed by atoms with Gasteiger partial charge in [0.2, 0.25) is 0 Å². The van der Waals surface area contributed by atoms with Gasteiger partial charge in [0.1, 0.15) is 6.29 Å². The molecule has 1 aliphatic heterocycles. The Morgan fingerprint density at radius 3 is 2.53 bits per heavy atom. The lowest BCUT2D eigenvalue weighted by atomic mass is 10.1. The number of likely N-dealkylation sites (tertiary alicyclic amines) is 1. The first kappa shape index (κ1) is 12.0. The minimum absolute atomic E-state index is 0.255. The van der Waals surface area contributed by atoms with Gasteiger partial charge in [-0.25, -0.2) is 0 Å². The van der Waals surface area contributed by atoms with E-state index < -0.39 is 24.0 Å². The number of amides is 1. The van der Waals surface area contributed by atoms with Crippen LogP contribution in [0.5, 0.6) is 0 Å². The SMILES string of the molecule is CN1CC(C=O)C(NC(=O)C(F)(F)F)C1. The molecule has 0 saturated carbocycles. The van der Waals surface area contributed by atoms with Crippen LogP contribution in [0.1, 0.15) is 0 Å². The normalized spacial score (nSPS) is 27.7. The first-order valence-corrected chi connectivity index (χ1v) is 4.36. The molecule has 1 rings (SSSR count). The average molecular weight is 224 g/mol. The number of nitrogens with one attached hydrogen (secondary N) is 1. The van der Waals surface area contributed by atoms with Gasteiger partial charge in [-0.05, 0) is 7.05 Å². The van der Waals surface area contributed by atoms with Crippen molar-refractivity contribution in [1.82, 2.24) is 10.2 Å². The van der Waals surface area contributed by atoms with Crippen LogP contribution in [-0.2, 0) is 9.59 Å². The molecule has 0 bridgehead atoms. The van der Waals surface area contributed by atoms with E-state index in [2.05, 4.69) is 0 Å². The summed E-state index contributed by atoms with van der Waals surface area (Å²) < 4.78 is 35.8. The molecule has 7 heteroatoms. The lowest BCUT2D eigenvalue weighted by molar-refractivity contribution is -0.174. The molecule has 86 valence electrons. The molecule has 2 atom stereocenters. The van der Waals surface area contributed by atoms with Crippen LogP contribution in [0.25, 0.3) is 0 Å². The van der Waals surface area contributed by atoms with Crippen molar-refractivity contribution in [3.63, 3.8) is 0 Å². The highest BCUT2D eigenvalue weighted by molar-refractivity contribution is 5.82. The molecule has 0 spiro atoms. The molecule has 0 radical (unpaired) electrons. The largest absolute Gasteiger partial charge is 0.471 e. The van der Waals surface area contributed by atoms with Gasteiger partial charge >= 0.3 is 12.1 Å². The Bertz CT molecular complexity index is 267. The number of halogens is 3. The fraction of sp³-hybridized carbons (Fsp3) is 0.750. The van der Waals surface area contributed by atoms with Crippen molar-refractivity contribution in [2.45, 2.75) is 12.2 Å². The maximum atomic E-state index is 11.9. The maximum Gasteiger partial charge on any atom is 0.471 e. The molecule has 1 fully saturated rings. The summed E-state index contributed by atoms with van der Waals surface area (Å²) in [4.78, 5) is 22.8. The van der Waals surface area contributed by atoms with Crippen LogP contribution < -0.4 is 5.32 Å². The Morgan fingerprint density at radius 1 is 1.47 bits per heavy atom. The van der Waals surface area contributed by atoms with E-state index in [9.17, 15) is 22.8 Å². The van der Waals surface area contributed by atoms with Crippen LogP contribution in [-0.4, -0.2) is 49.4 Å². The second-order valence-corrected chi connectivity index (χ2v) is 3.60. The fourth-order valence-electron chi connectivity index (χ4n) is 1.57. The molecule has 1 saturated heterocycles. The highest BCUT2D eigenvalue weighted by Gasteiger charge is 2.42. The molecule has 4 nitrogen and oxygen atoms in total. The van der Waals surface area contributed by atoms with Gasteiger partial charge < -0.3 is 15.0 Å². The molecule has 0 aromatic heterocycles. The average Bonchev–Trinajstić information content (AvgIpc) is 2.44. The molecular formula is C8H11F3N2O2. The number of carbonyl (C=O) groups excluding carboxylic acids is 2. The summed E-state index contributed by atoms with van der Waals surface area (Å²) in [6, 6.07) is -0.748. The molecule has 0 aromatic rings. The van der Waals surface area contributed by atoms with Gasteiger partial charge in [0.05, 0.1) is 6.04 Å². The Kier molecular flexibility index (Phi) is 3.33. The van der Waals surface area contributed by atoms with E-state index >= 15 is 0 Å². The molecular weight excluding hydrogens is 213 g/mol. The van der Waals surface area contributed by atoms with E-state index in [1.54, 1.807) is 11.9 Å². The van der Waals surface area contributed by atoms with Crippen molar-refractivity contribution in [3.8, 4) is 0 Å². The molecule has 1 aliphatic rings. The predicted octanol–water partition coefficient (Wildman–Crippen LogP) is -0.206. The molecule has 2 unspecified atom stereocenters. The van der Waals surface area contributed by atoms with Crippen molar-refractivity contribution in [1.29, 1.82) is 0 Å². The zero-order valence-corrected chi connectivity index (χ0v) is 8.04. The Labute approximate surface area is 84.4 Å². The van der Waals surface area contributed by atoms with Gasteiger partial charge in [0.15, 0.2) is 0 Å². The number of rotatable bonds is 2. The third kappa shape index (κ3) is 2.92. The van der Waals surface area contributed by atoms with Crippen molar-refractivity contribution in [2.75, 3.05) is 20.1 Å². The second-order valence-electron chi connectivity index (χ2n) is 3.60.